The molecule has 0 unspecified atom stereocenters. The Morgan fingerprint density at radius 1 is 1.17 bits per heavy atom. The van der Waals surface area contributed by atoms with Gasteiger partial charge < -0.3 is 14.9 Å². The molecule has 3 aliphatic rings. The zero-order chi connectivity index (χ0) is 16.6. The predicted octanol–water partition coefficient (Wildman–Crippen LogP) is 2.82. The van der Waals surface area contributed by atoms with Crippen LogP contribution in [0.4, 0.5) is 0 Å². The number of ether oxygens (including phenoxy) is 1. The third-order valence-corrected chi connectivity index (χ3v) is 6.20. The molecule has 0 aromatic heterocycles. The van der Waals surface area contributed by atoms with Crippen molar-refractivity contribution in [2.75, 3.05) is 0 Å². The van der Waals surface area contributed by atoms with Crippen molar-refractivity contribution >= 4 is 5.97 Å². The van der Waals surface area contributed by atoms with Gasteiger partial charge in [0.05, 0.1) is 18.6 Å². The van der Waals surface area contributed by atoms with Crippen LogP contribution in [-0.2, 0) is 9.53 Å². The quantitative estimate of drug-likeness (QED) is 0.619. The van der Waals surface area contributed by atoms with Crippen LogP contribution < -0.4 is 0 Å². The molecule has 0 spiro atoms. The average Bonchev–Trinajstić information content (AvgIpc) is 2.47. The van der Waals surface area contributed by atoms with Crippen molar-refractivity contribution in [3.8, 4) is 0 Å². The maximum atomic E-state index is 11.5. The van der Waals surface area contributed by atoms with Crippen molar-refractivity contribution in [3.05, 3.63) is 11.6 Å². The smallest absolute Gasteiger partial charge is 0.308 e. The van der Waals surface area contributed by atoms with Gasteiger partial charge in [0.25, 0.3) is 0 Å². The topological polar surface area (TPSA) is 66.8 Å². The standard InChI is InChI=1S/C19H30O4/c1-11-3-5-17-13(7-11)8-18(21)12(2)16(17)6-4-15-9-14(20)10-19(22)23-15/h8,11-12,14-18,20-21H,3-7,9-10H2,1-2H3/t11-,12-,14-,15-,16+,17+,18+/m1/s1. The SMILES string of the molecule is C[C@@H]1CC[C@H]2C(=C[C@H](O)[C@H](C)[C@@H]2CC[C@@H]2C[C@@H](O)CC(=O)O2)C1. The number of carbonyl (C=O) groups excluding carboxylic acids is 1. The molecule has 1 aliphatic heterocycles. The maximum absolute atomic E-state index is 11.5. The van der Waals surface area contributed by atoms with E-state index < -0.39 is 6.10 Å². The largest absolute Gasteiger partial charge is 0.462 e. The predicted molar refractivity (Wildman–Crippen MR) is 87.6 cm³/mol. The molecule has 2 fully saturated rings. The van der Waals surface area contributed by atoms with E-state index in [1.165, 1.54) is 18.4 Å². The number of carbonyl (C=O) groups is 1. The van der Waals surface area contributed by atoms with Gasteiger partial charge in [0, 0.05) is 6.42 Å². The Balaban J connectivity index is 1.64. The summed E-state index contributed by atoms with van der Waals surface area (Å²) in [5, 5.41) is 20.1. The number of esters is 1. The Kier molecular flexibility index (Phi) is 5.12. The lowest BCUT2D eigenvalue weighted by Gasteiger charge is -2.44. The van der Waals surface area contributed by atoms with Crippen LogP contribution in [-0.4, -0.2) is 34.5 Å². The van der Waals surface area contributed by atoms with Gasteiger partial charge in [-0.2, -0.15) is 0 Å². The second-order valence-corrected chi connectivity index (χ2v) is 8.03. The Hall–Kier alpha value is -0.870. The number of hydrogen-bond donors (Lipinski definition) is 2. The second-order valence-electron chi connectivity index (χ2n) is 8.03. The van der Waals surface area contributed by atoms with E-state index in [-0.39, 0.29) is 30.5 Å². The second kappa shape index (κ2) is 6.94. The molecule has 0 aromatic rings. The zero-order valence-electron chi connectivity index (χ0n) is 14.3. The number of hydrogen-bond acceptors (Lipinski definition) is 4. The average molecular weight is 322 g/mol. The van der Waals surface area contributed by atoms with Crippen LogP contribution >= 0.6 is 0 Å². The summed E-state index contributed by atoms with van der Waals surface area (Å²) in [6.07, 6.45) is 7.06. The fourth-order valence-electron chi connectivity index (χ4n) is 4.86. The summed E-state index contributed by atoms with van der Waals surface area (Å²) in [7, 11) is 0. The highest BCUT2D eigenvalue weighted by Crippen LogP contribution is 2.46. The minimum Gasteiger partial charge on any atom is -0.462 e. The highest BCUT2D eigenvalue weighted by Gasteiger charge is 2.39. The molecule has 130 valence electrons. The Bertz CT molecular complexity index is 472. The van der Waals surface area contributed by atoms with Crippen LogP contribution in [0.25, 0.3) is 0 Å². The van der Waals surface area contributed by atoms with Gasteiger partial charge in [-0.25, -0.2) is 0 Å². The number of cyclic esters (lactones) is 1. The minimum absolute atomic E-state index is 0.127. The zero-order valence-corrected chi connectivity index (χ0v) is 14.3. The van der Waals surface area contributed by atoms with Gasteiger partial charge in [0.15, 0.2) is 0 Å². The molecule has 3 rings (SSSR count). The number of aliphatic hydroxyl groups is 2. The van der Waals surface area contributed by atoms with E-state index in [4.69, 9.17) is 4.74 Å². The molecule has 1 saturated heterocycles. The molecule has 4 nitrogen and oxygen atoms in total. The summed E-state index contributed by atoms with van der Waals surface area (Å²) >= 11 is 0. The summed E-state index contributed by atoms with van der Waals surface area (Å²) < 4.78 is 5.39. The lowest BCUT2D eigenvalue weighted by molar-refractivity contribution is -0.160. The number of fused-ring (bicyclic) bond motifs is 1. The molecule has 4 heteroatoms. The Morgan fingerprint density at radius 2 is 1.96 bits per heavy atom. The van der Waals surface area contributed by atoms with E-state index in [0.29, 0.717) is 24.2 Å². The Morgan fingerprint density at radius 3 is 2.70 bits per heavy atom. The first kappa shape index (κ1) is 17.0. The van der Waals surface area contributed by atoms with Crippen molar-refractivity contribution in [2.45, 2.75) is 77.1 Å². The van der Waals surface area contributed by atoms with Crippen molar-refractivity contribution < 1.29 is 19.7 Å². The van der Waals surface area contributed by atoms with E-state index in [2.05, 4.69) is 19.9 Å². The summed E-state index contributed by atoms with van der Waals surface area (Å²) in [5.41, 5.74) is 1.44. The third-order valence-electron chi connectivity index (χ3n) is 6.20. The monoisotopic (exact) mass is 322 g/mol. The van der Waals surface area contributed by atoms with E-state index in [1.807, 2.05) is 0 Å². The molecule has 0 radical (unpaired) electrons. The molecule has 0 aromatic carbocycles. The molecule has 1 saturated carbocycles. The highest BCUT2D eigenvalue weighted by atomic mass is 16.5. The van der Waals surface area contributed by atoms with Gasteiger partial charge in [0.1, 0.15) is 6.10 Å². The summed E-state index contributed by atoms with van der Waals surface area (Å²) in [6.45, 7) is 4.43. The van der Waals surface area contributed by atoms with E-state index in [0.717, 1.165) is 19.3 Å². The van der Waals surface area contributed by atoms with E-state index in [9.17, 15) is 15.0 Å². The lowest BCUT2D eigenvalue weighted by atomic mass is 9.63. The van der Waals surface area contributed by atoms with Crippen LogP contribution in [0.2, 0.25) is 0 Å². The molecule has 2 N–H and O–H groups in total. The summed E-state index contributed by atoms with van der Waals surface area (Å²) in [4.78, 5) is 11.5. The van der Waals surface area contributed by atoms with Crippen LogP contribution in [0.15, 0.2) is 11.6 Å². The van der Waals surface area contributed by atoms with Crippen molar-refractivity contribution in [1.82, 2.24) is 0 Å². The van der Waals surface area contributed by atoms with Gasteiger partial charge in [-0.05, 0) is 55.8 Å². The van der Waals surface area contributed by atoms with Gasteiger partial charge in [-0.1, -0.05) is 25.5 Å². The third kappa shape index (κ3) is 3.80. The van der Waals surface area contributed by atoms with E-state index >= 15 is 0 Å². The van der Waals surface area contributed by atoms with Crippen LogP contribution in [0.5, 0.6) is 0 Å². The Labute approximate surface area is 138 Å². The molecular weight excluding hydrogens is 292 g/mol. The van der Waals surface area contributed by atoms with Crippen LogP contribution in [0.1, 0.15) is 58.8 Å². The first-order valence-corrected chi connectivity index (χ1v) is 9.20. The fourth-order valence-corrected chi connectivity index (χ4v) is 4.86. The highest BCUT2D eigenvalue weighted by molar-refractivity contribution is 5.70. The molecule has 2 aliphatic carbocycles. The molecule has 0 bridgehead atoms. The van der Waals surface area contributed by atoms with Crippen molar-refractivity contribution in [2.24, 2.45) is 23.7 Å². The molecule has 23 heavy (non-hydrogen) atoms. The molecule has 1 heterocycles. The fraction of sp³-hybridized carbons (Fsp3) is 0.842. The number of allylic oxidation sites excluding steroid dienone is 1. The normalized spacial score (nSPS) is 44.3. The first-order chi connectivity index (χ1) is 10.9. The van der Waals surface area contributed by atoms with Gasteiger partial charge >= 0.3 is 5.97 Å². The lowest BCUT2D eigenvalue weighted by Crippen LogP contribution is -2.39. The van der Waals surface area contributed by atoms with Crippen LogP contribution in [0, 0.1) is 23.7 Å². The van der Waals surface area contributed by atoms with Crippen molar-refractivity contribution in [1.29, 1.82) is 0 Å². The maximum Gasteiger partial charge on any atom is 0.308 e. The summed E-state index contributed by atoms with van der Waals surface area (Å²) in [5.74, 6) is 1.72. The van der Waals surface area contributed by atoms with Crippen LogP contribution in [0.3, 0.4) is 0 Å². The van der Waals surface area contributed by atoms with Gasteiger partial charge in [-0.3, -0.25) is 4.79 Å². The molecule has 0 amide bonds. The minimum atomic E-state index is -0.554. The summed E-state index contributed by atoms with van der Waals surface area (Å²) in [6, 6.07) is 0. The number of aliphatic hydroxyl groups excluding tert-OH is 2. The van der Waals surface area contributed by atoms with Gasteiger partial charge in [-0.15, -0.1) is 0 Å². The van der Waals surface area contributed by atoms with E-state index in [1.54, 1.807) is 0 Å². The van der Waals surface area contributed by atoms with Gasteiger partial charge in [0.2, 0.25) is 0 Å². The number of rotatable bonds is 3. The first-order valence-electron chi connectivity index (χ1n) is 9.20. The molecular formula is C19H30O4. The van der Waals surface area contributed by atoms with Crippen molar-refractivity contribution in [3.63, 3.8) is 0 Å². The molecule has 7 atom stereocenters.